The Morgan fingerprint density at radius 1 is 0.932 bits per heavy atom. The summed E-state index contributed by atoms with van der Waals surface area (Å²) in [5.41, 5.74) is 2.60. The Labute approximate surface area is 265 Å². The fourth-order valence-corrected chi connectivity index (χ4v) is 6.46. The summed E-state index contributed by atoms with van der Waals surface area (Å²) in [4.78, 5) is 31.8. The minimum Gasteiger partial charge on any atom is -0.443 e. The number of ether oxygens (including phenoxy) is 1. The van der Waals surface area contributed by atoms with Crippen LogP contribution in [0.2, 0.25) is 0 Å². The van der Waals surface area contributed by atoms with Gasteiger partial charge in [0.05, 0.1) is 11.8 Å². The van der Waals surface area contributed by atoms with Crippen LogP contribution in [0.15, 0.2) is 60.7 Å². The van der Waals surface area contributed by atoms with Crippen LogP contribution in [0.5, 0.6) is 0 Å². The molecule has 0 saturated carbocycles. The summed E-state index contributed by atoms with van der Waals surface area (Å²) in [6, 6.07) is 18.1. The maximum absolute atomic E-state index is 13.0. The van der Waals surface area contributed by atoms with Crippen LogP contribution in [0.4, 0.5) is 10.5 Å². The number of aliphatic hydroxyl groups is 1. The highest BCUT2D eigenvalue weighted by Crippen LogP contribution is 2.47. The molecule has 0 bridgehead atoms. The van der Waals surface area contributed by atoms with E-state index in [1.165, 1.54) is 5.56 Å². The molecule has 242 valence electrons. The van der Waals surface area contributed by atoms with Gasteiger partial charge in [-0.25, -0.2) is 4.79 Å². The highest BCUT2D eigenvalue weighted by atomic mass is 16.6. The van der Waals surface area contributed by atoms with Crippen molar-refractivity contribution < 1.29 is 19.4 Å². The second kappa shape index (κ2) is 16.2. The Morgan fingerprint density at radius 2 is 1.52 bits per heavy atom. The lowest BCUT2D eigenvalue weighted by Crippen LogP contribution is -2.49. The molecular formula is C37H55N3O4. The summed E-state index contributed by atoms with van der Waals surface area (Å²) in [7, 11) is 0. The lowest BCUT2D eigenvalue weighted by molar-refractivity contribution is -0.128. The van der Waals surface area contributed by atoms with Gasteiger partial charge in [0.2, 0.25) is 5.91 Å². The van der Waals surface area contributed by atoms with Gasteiger partial charge in [-0.3, -0.25) is 9.69 Å². The van der Waals surface area contributed by atoms with Gasteiger partial charge in [0.1, 0.15) is 5.60 Å². The van der Waals surface area contributed by atoms with Crippen molar-refractivity contribution >= 4 is 23.8 Å². The molecule has 2 aromatic rings. The van der Waals surface area contributed by atoms with Gasteiger partial charge in [-0.05, 0) is 88.7 Å². The van der Waals surface area contributed by atoms with Crippen LogP contribution in [0, 0.1) is 5.92 Å². The molecule has 0 radical (unpaired) electrons. The van der Waals surface area contributed by atoms with Crippen molar-refractivity contribution in [3.8, 4) is 0 Å². The van der Waals surface area contributed by atoms with Gasteiger partial charge in [0.15, 0.2) is 0 Å². The Kier molecular flexibility index (Phi) is 13.0. The first-order chi connectivity index (χ1) is 21.1. The predicted molar refractivity (Wildman–Crippen MR) is 181 cm³/mol. The molecular weight excluding hydrogens is 550 g/mol. The molecule has 1 spiro atoms. The smallest absolute Gasteiger partial charge is 0.414 e. The molecule has 1 atom stereocenters. The fourth-order valence-electron chi connectivity index (χ4n) is 6.46. The first kappa shape index (κ1) is 35.3. The average molecular weight is 606 g/mol. The van der Waals surface area contributed by atoms with E-state index in [0.29, 0.717) is 26.2 Å². The van der Waals surface area contributed by atoms with Gasteiger partial charge in [0, 0.05) is 37.7 Å². The number of hydrogen-bond acceptors (Lipinski definition) is 5. The van der Waals surface area contributed by atoms with E-state index in [9.17, 15) is 14.7 Å². The van der Waals surface area contributed by atoms with Crippen LogP contribution in [0.1, 0.15) is 85.3 Å². The van der Waals surface area contributed by atoms with Gasteiger partial charge in [-0.15, -0.1) is 0 Å². The number of benzene rings is 2. The Balaban J connectivity index is 0.00000127. The number of rotatable bonds is 5. The molecule has 2 amide bonds. The summed E-state index contributed by atoms with van der Waals surface area (Å²) < 4.78 is 5.72. The number of carbonyl (C=O) groups excluding carboxylic acids is 2. The van der Waals surface area contributed by atoms with Gasteiger partial charge >= 0.3 is 6.09 Å². The second-order valence-corrected chi connectivity index (χ2v) is 12.6. The summed E-state index contributed by atoms with van der Waals surface area (Å²) in [6.45, 7) is 18.1. The summed E-state index contributed by atoms with van der Waals surface area (Å²) in [6.07, 6.45) is 6.36. The number of aliphatic hydroxyl groups excluding tert-OH is 1. The SMILES string of the molecule is CC.CC.CC(C)(C)OC(=O)N1CC2(CCN(CC(O)C3CCN(C(=O)/C=C/c4ccccc4)CC3)CC2)c2ccccc21. The van der Waals surface area contributed by atoms with E-state index < -0.39 is 11.7 Å². The average Bonchev–Trinajstić information content (AvgIpc) is 3.37. The van der Waals surface area contributed by atoms with E-state index in [4.69, 9.17) is 4.74 Å². The van der Waals surface area contributed by atoms with E-state index in [1.54, 1.807) is 6.08 Å². The monoisotopic (exact) mass is 605 g/mol. The van der Waals surface area contributed by atoms with E-state index in [-0.39, 0.29) is 23.3 Å². The molecule has 5 rings (SSSR count). The number of anilines is 1. The zero-order valence-corrected chi connectivity index (χ0v) is 28.1. The van der Waals surface area contributed by atoms with E-state index in [2.05, 4.69) is 17.0 Å². The fraction of sp³-hybridized carbons (Fsp3) is 0.568. The van der Waals surface area contributed by atoms with E-state index in [1.807, 2.05) is 107 Å². The molecule has 1 N–H and O–H groups in total. The number of para-hydroxylation sites is 1. The molecule has 0 aliphatic carbocycles. The van der Waals surface area contributed by atoms with Crippen molar-refractivity contribution in [3.63, 3.8) is 0 Å². The maximum atomic E-state index is 13.0. The molecule has 3 heterocycles. The van der Waals surface area contributed by atoms with Crippen molar-refractivity contribution in [2.45, 2.75) is 91.3 Å². The normalized spacial score (nSPS) is 19.0. The molecule has 3 aliphatic rings. The number of carbonyl (C=O) groups is 2. The van der Waals surface area contributed by atoms with Crippen molar-refractivity contribution in [3.05, 3.63) is 71.8 Å². The van der Waals surface area contributed by atoms with Crippen LogP contribution < -0.4 is 4.90 Å². The Hall–Kier alpha value is -3.16. The second-order valence-electron chi connectivity index (χ2n) is 12.6. The first-order valence-electron chi connectivity index (χ1n) is 16.7. The van der Waals surface area contributed by atoms with E-state index in [0.717, 1.165) is 50.0 Å². The van der Waals surface area contributed by atoms with Gasteiger partial charge in [-0.2, -0.15) is 0 Å². The molecule has 7 heteroatoms. The number of fused-ring (bicyclic) bond motifs is 2. The van der Waals surface area contributed by atoms with E-state index >= 15 is 0 Å². The molecule has 2 fully saturated rings. The van der Waals surface area contributed by atoms with Gasteiger partial charge in [-0.1, -0.05) is 76.2 Å². The number of amides is 2. The Morgan fingerprint density at radius 3 is 2.14 bits per heavy atom. The highest BCUT2D eigenvalue weighted by Gasteiger charge is 2.47. The summed E-state index contributed by atoms with van der Waals surface area (Å²) in [5.74, 6) is 0.239. The number of piperidine rings is 2. The third kappa shape index (κ3) is 8.95. The van der Waals surface area contributed by atoms with Crippen molar-refractivity contribution in [2.24, 2.45) is 5.92 Å². The third-order valence-corrected chi connectivity index (χ3v) is 8.71. The third-order valence-electron chi connectivity index (χ3n) is 8.71. The zero-order chi connectivity index (χ0) is 32.3. The van der Waals surface area contributed by atoms with Crippen molar-refractivity contribution in [1.82, 2.24) is 9.80 Å². The van der Waals surface area contributed by atoms with Crippen LogP contribution in [-0.4, -0.2) is 77.9 Å². The molecule has 0 aromatic heterocycles. The zero-order valence-electron chi connectivity index (χ0n) is 28.1. The lowest BCUT2D eigenvalue weighted by Gasteiger charge is -2.42. The molecule has 2 saturated heterocycles. The van der Waals surface area contributed by atoms with Crippen molar-refractivity contribution in [1.29, 1.82) is 0 Å². The number of likely N-dealkylation sites (tertiary alicyclic amines) is 2. The van der Waals surface area contributed by atoms with Crippen LogP contribution in [-0.2, 0) is 14.9 Å². The van der Waals surface area contributed by atoms with Crippen LogP contribution >= 0.6 is 0 Å². The molecule has 7 nitrogen and oxygen atoms in total. The Bertz CT molecular complexity index is 1210. The summed E-state index contributed by atoms with van der Waals surface area (Å²) in [5, 5.41) is 11.1. The number of nitrogens with zero attached hydrogens (tertiary/aromatic N) is 3. The minimum absolute atomic E-state index is 0.0374. The first-order valence-corrected chi connectivity index (χ1v) is 16.7. The highest BCUT2D eigenvalue weighted by molar-refractivity contribution is 5.92. The maximum Gasteiger partial charge on any atom is 0.414 e. The largest absolute Gasteiger partial charge is 0.443 e. The van der Waals surface area contributed by atoms with Crippen molar-refractivity contribution in [2.75, 3.05) is 44.2 Å². The molecule has 1 unspecified atom stereocenters. The quantitative estimate of drug-likeness (QED) is 0.367. The van der Waals surface area contributed by atoms with Crippen LogP contribution in [0.3, 0.4) is 0 Å². The minimum atomic E-state index is -0.538. The lowest BCUT2D eigenvalue weighted by atomic mass is 9.74. The molecule has 2 aromatic carbocycles. The van der Waals surface area contributed by atoms with Crippen LogP contribution in [0.25, 0.3) is 6.08 Å². The molecule has 44 heavy (non-hydrogen) atoms. The van der Waals surface area contributed by atoms with Gasteiger partial charge in [0.25, 0.3) is 0 Å². The van der Waals surface area contributed by atoms with Gasteiger partial charge < -0.3 is 19.6 Å². The molecule has 3 aliphatic heterocycles. The topological polar surface area (TPSA) is 73.3 Å². The summed E-state index contributed by atoms with van der Waals surface area (Å²) >= 11 is 0. The standard InChI is InChI=1S/C33H43N3O4.2C2H6/c1-32(2,3)40-31(39)36-24-33(27-11-7-8-12-28(27)36)17-21-34(22-18-33)23-29(37)26-15-19-35(20-16-26)30(38)14-13-25-9-5-4-6-10-25;2*1-2/h4-14,26,29,37H,15-24H2,1-3H3;2*1-2H3/b14-13+;;. The predicted octanol–water partition coefficient (Wildman–Crippen LogP) is 7.14. The number of β-amino-alcohol motifs (C(OH)–C–C–N with tert-alkyl or cyclic N) is 1. The number of hydrogen-bond donors (Lipinski definition) is 1.